The first-order chi connectivity index (χ1) is 2.93. The number of hydrogen-bond acceptors (Lipinski definition) is 3. The van der Waals surface area contributed by atoms with Crippen LogP contribution in [-0.2, 0) is 4.79 Å². The van der Waals surface area contributed by atoms with Gasteiger partial charge in [-0.3, -0.25) is 4.79 Å². The maximum atomic E-state index is 9.54. The highest BCUT2D eigenvalue weighted by molar-refractivity contribution is 6.33. The van der Waals surface area contributed by atoms with Crippen molar-refractivity contribution in [1.29, 1.82) is 0 Å². The Morgan fingerprint density at radius 2 is 2.50 bits per heavy atom. The van der Waals surface area contributed by atoms with Crippen LogP contribution < -0.4 is 0 Å². The van der Waals surface area contributed by atoms with Crippen molar-refractivity contribution in [2.24, 2.45) is 9.98 Å². The lowest BCUT2D eigenvalue weighted by atomic mass is 10.6. The second kappa shape index (κ2) is 1.01. The van der Waals surface area contributed by atoms with Gasteiger partial charge in [-0.1, -0.05) is 0 Å². The fourth-order valence-electron chi connectivity index (χ4n) is 0.185. The Hall–Kier alpha value is -0.990. The fourth-order valence-corrected chi connectivity index (χ4v) is 0.185. The molecule has 0 unspecified atom stereocenters. The second-order valence-electron chi connectivity index (χ2n) is 0.850. The molecule has 30 valence electrons. The zero-order valence-electron chi connectivity index (χ0n) is 2.96. The Balaban J connectivity index is 2.57. The standard InChI is InChI=1S/C3H2N2O/c6-1-3-4-2-5-3/h1-2H. The summed E-state index contributed by atoms with van der Waals surface area (Å²) in [6.07, 6.45) is 1.95. The number of hydrogen-bond donors (Lipinski definition) is 0. The monoisotopic (exact) mass is 82.0 g/mol. The van der Waals surface area contributed by atoms with E-state index in [1.165, 1.54) is 6.34 Å². The highest BCUT2D eigenvalue weighted by atomic mass is 16.1. The predicted molar refractivity (Wildman–Crippen MR) is 22.0 cm³/mol. The predicted octanol–water partition coefficient (Wildman–Crippen LogP) is -0.374. The highest BCUT2D eigenvalue weighted by Crippen LogP contribution is 1.82. The lowest BCUT2D eigenvalue weighted by molar-refractivity contribution is -0.102. The number of amidine groups is 1. The van der Waals surface area contributed by atoms with E-state index in [0.29, 0.717) is 6.29 Å². The molecule has 0 aromatic rings. The molecule has 0 atom stereocenters. The van der Waals surface area contributed by atoms with E-state index in [2.05, 4.69) is 9.98 Å². The van der Waals surface area contributed by atoms with E-state index in [-0.39, 0.29) is 5.84 Å². The van der Waals surface area contributed by atoms with Gasteiger partial charge in [-0.05, 0) is 0 Å². The summed E-state index contributed by atoms with van der Waals surface area (Å²) in [5.41, 5.74) is 0. The molecule has 0 aromatic heterocycles. The van der Waals surface area contributed by atoms with Crippen LogP contribution in [0.3, 0.4) is 0 Å². The molecule has 0 amide bonds. The number of carbonyl (C=O) groups excluding carboxylic acids is 1. The molecule has 3 heteroatoms. The molecule has 0 saturated carbocycles. The van der Waals surface area contributed by atoms with Crippen LogP contribution in [-0.4, -0.2) is 18.5 Å². The van der Waals surface area contributed by atoms with Crippen molar-refractivity contribution >= 4 is 18.5 Å². The van der Waals surface area contributed by atoms with E-state index in [0.717, 1.165) is 0 Å². The minimum absolute atomic E-state index is 0.287. The van der Waals surface area contributed by atoms with Gasteiger partial charge in [0.05, 0.1) is 0 Å². The molecule has 1 aliphatic rings. The van der Waals surface area contributed by atoms with Gasteiger partial charge in [-0.15, -0.1) is 0 Å². The average molecular weight is 82.1 g/mol. The molecule has 3 nitrogen and oxygen atoms in total. The van der Waals surface area contributed by atoms with Crippen molar-refractivity contribution in [2.75, 3.05) is 0 Å². The van der Waals surface area contributed by atoms with Gasteiger partial charge in [0.1, 0.15) is 6.34 Å². The summed E-state index contributed by atoms with van der Waals surface area (Å²) in [7, 11) is 0. The lowest BCUT2D eigenvalue weighted by Gasteiger charge is -1.89. The third kappa shape index (κ3) is 0.247. The molecule has 0 saturated heterocycles. The molecule has 0 radical (unpaired) electrons. The Labute approximate surface area is 34.4 Å². The van der Waals surface area contributed by atoms with Crippen LogP contribution in [0.15, 0.2) is 9.98 Å². The van der Waals surface area contributed by atoms with Crippen LogP contribution >= 0.6 is 0 Å². The number of aliphatic imine (C=N–C) groups is 2. The van der Waals surface area contributed by atoms with E-state index < -0.39 is 0 Å². The molecular formula is C3H2N2O. The maximum Gasteiger partial charge on any atom is 0.195 e. The molecule has 1 heterocycles. The lowest BCUT2D eigenvalue weighted by Crippen LogP contribution is -2.02. The molecule has 0 N–H and O–H groups in total. The third-order valence-corrected chi connectivity index (χ3v) is 0.485. The largest absolute Gasteiger partial charge is 0.294 e. The van der Waals surface area contributed by atoms with Crippen LogP contribution in [0.2, 0.25) is 0 Å². The average Bonchev–Trinajstić information content (AvgIpc) is 1.31. The molecule has 1 rings (SSSR count). The zero-order chi connectivity index (χ0) is 4.41. The van der Waals surface area contributed by atoms with Crippen LogP contribution in [0.1, 0.15) is 0 Å². The molecule has 0 fully saturated rings. The van der Waals surface area contributed by atoms with Gasteiger partial charge < -0.3 is 0 Å². The van der Waals surface area contributed by atoms with E-state index in [1.54, 1.807) is 0 Å². The summed E-state index contributed by atoms with van der Waals surface area (Å²) in [5, 5.41) is 0. The van der Waals surface area contributed by atoms with Crippen LogP contribution in [0.25, 0.3) is 0 Å². The van der Waals surface area contributed by atoms with Crippen molar-refractivity contribution in [1.82, 2.24) is 0 Å². The molecule has 0 aliphatic carbocycles. The summed E-state index contributed by atoms with van der Waals surface area (Å²) in [6.45, 7) is 0. The van der Waals surface area contributed by atoms with Gasteiger partial charge in [0.15, 0.2) is 12.1 Å². The first kappa shape index (κ1) is 3.21. The van der Waals surface area contributed by atoms with Crippen LogP contribution in [0.5, 0.6) is 0 Å². The van der Waals surface area contributed by atoms with Crippen LogP contribution in [0.4, 0.5) is 0 Å². The number of carbonyl (C=O) groups is 1. The summed E-state index contributed by atoms with van der Waals surface area (Å²) < 4.78 is 0. The van der Waals surface area contributed by atoms with Crippen molar-refractivity contribution in [3.8, 4) is 0 Å². The summed E-state index contributed by atoms with van der Waals surface area (Å²) in [5.74, 6) is 0.287. The van der Waals surface area contributed by atoms with Gasteiger partial charge in [-0.25, -0.2) is 9.98 Å². The molecular weight excluding hydrogens is 80.0 g/mol. The van der Waals surface area contributed by atoms with E-state index >= 15 is 0 Å². The molecule has 6 heavy (non-hydrogen) atoms. The maximum absolute atomic E-state index is 9.54. The summed E-state index contributed by atoms with van der Waals surface area (Å²) in [6, 6.07) is 0. The fraction of sp³-hybridized carbons (Fsp3) is 0. The van der Waals surface area contributed by atoms with Crippen molar-refractivity contribution in [3.63, 3.8) is 0 Å². The minimum Gasteiger partial charge on any atom is -0.294 e. The van der Waals surface area contributed by atoms with E-state index in [1.807, 2.05) is 0 Å². The van der Waals surface area contributed by atoms with Gasteiger partial charge in [0.25, 0.3) is 0 Å². The number of nitrogens with zero attached hydrogens (tertiary/aromatic N) is 2. The normalized spacial score (nSPS) is 15.7. The van der Waals surface area contributed by atoms with Crippen molar-refractivity contribution in [2.45, 2.75) is 0 Å². The number of rotatable bonds is 1. The zero-order valence-corrected chi connectivity index (χ0v) is 2.96. The Morgan fingerprint density at radius 3 is 2.50 bits per heavy atom. The molecule has 0 aromatic carbocycles. The Bertz CT molecular complexity index is 121. The first-order valence-corrected chi connectivity index (χ1v) is 1.49. The minimum atomic E-state index is 0.287. The van der Waals surface area contributed by atoms with Crippen LogP contribution in [0, 0.1) is 0 Å². The highest BCUT2D eigenvalue weighted by Gasteiger charge is 1.94. The topological polar surface area (TPSA) is 41.8 Å². The SMILES string of the molecule is O=CC1=NC=N1. The van der Waals surface area contributed by atoms with Gasteiger partial charge >= 0.3 is 0 Å². The smallest absolute Gasteiger partial charge is 0.195 e. The van der Waals surface area contributed by atoms with Gasteiger partial charge in [-0.2, -0.15) is 0 Å². The number of aldehydes is 1. The Morgan fingerprint density at radius 1 is 1.83 bits per heavy atom. The van der Waals surface area contributed by atoms with E-state index in [9.17, 15) is 4.79 Å². The van der Waals surface area contributed by atoms with Gasteiger partial charge in [0, 0.05) is 0 Å². The Kier molecular flexibility index (Phi) is 0.538. The first-order valence-electron chi connectivity index (χ1n) is 1.49. The third-order valence-electron chi connectivity index (χ3n) is 0.485. The second-order valence-corrected chi connectivity index (χ2v) is 0.850. The van der Waals surface area contributed by atoms with E-state index in [4.69, 9.17) is 0 Å². The molecule has 0 bridgehead atoms. The quantitative estimate of drug-likeness (QED) is 0.398. The molecule has 0 spiro atoms. The summed E-state index contributed by atoms with van der Waals surface area (Å²) in [4.78, 5) is 16.4. The van der Waals surface area contributed by atoms with Crippen molar-refractivity contribution in [3.05, 3.63) is 0 Å². The summed E-state index contributed by atoms with van der Waals surface area (Å²) >= 11 is 0. The van der Waals surface area contributed by atoms with Gasteiger partial charge in [0.2, 0.25) is 0 Å². The molecule has 1 aliphatic heterocycles. The van der Waals surface area contributed by atoms with Crippen molar-refractivity contribution < 1.29 is 4.79 Å².